The molecular weight excluding hydrogens is 250 g/mol. The van der Waals surface area contributed by atoms with Crippen LogP contribution in [0.5, 0.6) is 0 Å². The van der Waals surface area contributed by atoms with Gasteiger partial charge in [-0.15, -0.1) is 0 Å². The molecule has 3 nitrogen and oxygen atoms in total. The number of anilines is 1. The Morgan fingerprint density at radius 2 is 2.06 bits per heavy atom. The maximum absolute atomic E-state index is 13.1. The van der Waals surface area contributed by atoms with E-state index in [9.17, 15) is 17.6 Å². The van der Waals surface area contributed by atoms with Crippen molar-refractivity contribution in [3.63, 3.8) is 0 Å². The van der Waals surface area contributed by atoms with Gasteiger partial charge in [0, 0.05) is 5.69 Å². The molecule has 0 radical (unpaired) electrons. The number of benzene rings is 1. The Morgan fingerprint density at radius 1 is 1.39 bits per heavy atom. The second kappa shape index (κ2) is 4.15. The molecule has 0 fully saturated rings. The summed E-state index contributed by atoms with van der Waals surface area (Å²) in [4.78, 5) is 4.02. The molecule has 0 aliphatic rings. The number of aryl methyl sites for hydroxylation is 1. The van der Waals surface area contributed by atoms with Crippen LogP contribution in [0.4, 0.5) is 23.2 Å². The van der Waals surface area contributed by atoms with Crippen molar-refractivity contribution < 1.29 is 17.6 Å². The Bertz CT molecular complexity index is 577. The normalized spacial score (nSPS) is 12.6. The number of rotatable bonds is 3. The summed E-state index contributed by atoms with van der Waals surface area (Å²) in [5.74, 6) is -3.84. The van der Waals surface area contributed by atoms with E-state index in [1.165, 1.54) is 25.1 Å². The van der Waals surface area contributed by atoms with Crippen LogP contribution in [0.25, 0.3) is 11.0 Å². The number of fused-ring (bicyclic) bond motifs is 1. The lowest BCUT2D eigenvalue weighted by molar-refractivity contribution is -0.137. The quantitative estimate of drug-likeness (QED) is 0.682. The fourth-order valence-electron chi connectivity index (χ4n) is 1.75. The number of hydrogen-bond acceptors (Lipinski definition) is 2. The minimum absolute atomic E-state index is 0.246. The van der Waals surface area contributed by atoms with Gasteiger partial charge < -0.3 is 10.3 Å². The Hall–Kier alpha value is -1.79. The van der Waals surface area contributed by atoms with Crippen molar-refractivity contribution in [2.45, 2.75) is 25.8 Å². The van der Waals surface area contributed by atoms with Gasteiger partial charge in [-0.2, -0.15) is 8.78 Å². The van der Waals surface area contributed by atoms with Crippen LogP contribution in [-0.2, 0) is 6.54 Å². The van der Waals surface area contributed by atoms with Gasteiger partial charge in [-0.25, -0.2) is 13.8 Å². The predicted molar refractivity (Wildman–Crippen MR) is 59.8 cm³/mol. The summed E-state index contributed by atoms with van der Waals surface area (Å²) >= 11 is 0. The Labute approximate surface area is 100 Å². The van der Waals surface area contributed by atoms with Gasteiger partial charge in [-0.05, 0) is 25.1 Å². The van der Waals surface area contributed by atoms with Crippen LogP contribution in [0, 0.1) is 6.92 Å². The van der Waals surface area contributed by atoms with E-state index in [2.05, 4.69) is 4.98 Å². The maximum atomic E-state index is 13.1. The molecule has 7 heteroatoms. The van der Waals surface area contributed by atoms with Crippen LogP contribution in [-0.4, -0.2) is 21.9 Å². The third-order valence-electron chi connectivity index (χ3n) is 2.65. The lowest BCUT2D eigenvalue weighted by Gasteiger charge is -2.17. The first-order valence-electron chi connectivity index (χ1n) is 5.19. The number of nitrogens with zero attached hydrogens (tertiary/aromatic N) is 2. The zero-order chi connectivity index (χ0) is 13.5. The zero-order valence-corrected chi connectivity index (χ0v) is 9.50. The standard InChI is InChI=1S/C11H11F4N3/c1-6-17-8-4-7(16)2-3-9(8)18(6)5-11(14,15)10(12)13/h2-4,10H,5,16H2,1H3. The second-order valence-electron chi connectivity index (χ2n) is 4.06. The highest BCUT2D eigenvalue weighted by Crippen LogP contribution is 2.28. The van der Waals surface area contributed by atoms with Crippen molar-refractivity contribution in [3.05, 3.63) is 24.0 Å². The monoisotopic (exact) mass is 261 g/mol. The van der Waals surface area contributed by atoms with E-state index < -0.39 is 18.9 Å². The van der Waals surface area contributed by atoms with Gasteiger partial charge in [-0.1, -0.05) is 0 Å². The van der Waals surface area contributed by atoms with Gasteiger partial charge in [0.05, 0.1) is 17.6 Å². The van der Waals surface area contributed by atoms with E-state index in [-0.39, 0.29) is 5.82 Å². The smallest absolute Gasteiger partial charge is 0.324 e. The molecule has 0 atom stereocenters. The minimum Gasteiger partial charge on any atom is -0.399 e. The van der Waals surface area contributed by atoms with Crippen molar-refractivity contribution in [3.8, 4) is 0 Å². The highest BCUT2D eigenvalue weighted by atomic mass is 19.3. The molecule has 2 N–H and O–H groups in total. The lowest BCUT2D eigenvalue weighted by atomic mass is 10.2. The Balaban J connectivity index is 2.48. The molecule has 1 heterocycles. The van der Waals surface area contributed by atoms with Crippen LogP contribution in [0.2, 0.25) is 0 Å². The largest absolute Gasteiger partial charge is 0.399 e. The predicted octanol–water partition coefficient (Wildman–Crippen LogP) is 2.83. The molecule has 0 bridgehead atoms. The van der Waals surface area contributed by atoms with E-state index in [0.29, 0.717) is 16.7 Å². The van der Waals surface area contributed by atoms with E-state index in [1.807, 2.05) is 0 Å². The van der Waals surface area contributed by atoms with Gasteiger partial charge in [0.1, 0.15) is 5.82 Å². The lowest BCUT2D eigenvalue weighted by Crippen LogP contribution is -2.32. The second-order valence-corrected chi connectivity index (χ2v) is 4.06. The molecule has 0 spiro atoms. The summed E-state index contributed by atoms with van der Waals surface area (Å²) in [7, 11) is 0. The number of hydrogen-bond donors (Lipinski definition) is 1. The number of alkyl halides is 4. The van der Waals surface area contributed by atoms with Gasteiger partial charge >= 0.3 is 12.3 Å². The first-order valence-corrected chi connectivity index (χ1v) is 5.19. The molecule has 18 heavy (non-hydrogen) atoms. The molecule has 0 saturated heterocycles. The third-order valence-corrected chi connectivity index (χ3v) is 2.65. The van der Waals surface area contributed by atoms with E-state index in [4.69, 9.17) is 5.73 Å². The van der Waals surface area contributed by atoms with Crippen molar-refractivity contribution in [1.82, 2.24) is 9.55 Å². The number of aromatic nitrogens is 2. The van der Waals surface area contributed by atoms with Crippen molar-refractivity contribution in [2.24, 2.45) is 0 Å². The molecule has 0 amide bonds. The molecule has 2 aromatic rings. The average molecular weight is 261 g/mol. The number of nitrogen functional groups attached to an aromatic ring is 1. The zero-order valence-electron chi connectivity index (χ0n) is 9.50. The van der Waals surface area contributed by atoms with E-state index in [1.54, 1.807) is 0 Å². The van der Waals surface area contributed by atoms with Crippen LogP contribution in [0.3, 0.4) is 0 Å². The molecule has 0 aliphatic heterocycles. The van der Waals surface area contributed by atoms with Crippen molar-refractivity contribution >= 4 is 16.7 Å². The molecular formula is C11H11F4N3. The summed E-state index contributed by atoms with van der Waals surface area (Å²) in [5.41, 5.74) is 6.76. The summed E-state index contributed by atoms with van der Waals surface area (Å²) in [5, 5.41) is 0. The third kappa shape index (κ3) is 2.12. The van der Waals surface area contributed by atoms with Crippen molar-refractivity contribution in [1.29, 1.82) is 0 Å². The molecule has 98 valence electrons. The van der Waals surface area contributed by atoms with Gasteiger partial charge in [0.15, 0.2) is 0 Å². The van der Waals surface area contributed by atoms with Gasteiger partial charge in [0.2, 0.25) is 0 Å². The number of imidazole rings is 1. The Morgan fingerprint density at radius 3 is 2.67 bits per heavy atom. The number of halogens is 4. The van der Waals surface area contributed by atoms with Crippen LogP contribution in [0.1, 0.15) is 5.82 Å². The topological polar surface area (TPSA) is 43.8 Å². The first-order chi connectivity index (χ1) is 8.31. The molecule has 1 aromatic heterocycles. The molecule has 0 unspecified atom stereocenters. The van der Waals surface area contributed by atoms with Gasteiger partial charge in [0.25, 0.3) is 0 Å². The first kappa shape index (κ1) is 12.7. The highest BCUT2D eigenvalue weighted by Gasteiger charge is 2.41. The summed E-state index contributed by atoms with van der Waals surface area (Å²) in [6.07, 6.45) is -3.71. The summed E-state index contributed by atoms with van der Waals surface area (Å²) in [6, 6.07) is 4.52. The minimum atomic E-state index is -4.08. The molecule has 0 saturated carbocycles. The Kier molecular flexibility index (Phi) is 2.92. The van der Waals surface area contributed by atoms with Crippen LogP contribution < -0.4 is 5.73 Å². The van der Waals surface area contributed by atoms with Crippen molar-refractivity contribution in [2.75, 3.05) is 5.73 Å². The highest BCUT2D eigenvalue weighted by molar-refractivity contribution is 5.79. The van der Waals surface area contributed by atoms with Gasteiger partial charge in [-0.3, -0.25) is 0 Å². The fourth-order valence-corrected chi connectivity index (χ4v) is 1.75. The van der Waals surface area contributed by atoms with Crippen LogP contribution >= 0.6 is 0 Å². The van der Waals surface area contributed by atoms with E-state index in [0.717, 1.165) is 4.57 Å². The fraction of sp³-hybridized carbons (Fsp3) is 0.364. The molecule has 2 rings (SSSR count). The average Bonchev–Trinajstić information content (AvgIpc) is 2.54. The molecule has 1 aromatic carbocycles. The molecule has 0 aliphatic carbocycles. The summed E-state index contributed by atoms with van der Waals surface area (Å²) < 4.78 is 51.6. The number of nitrogens with two attached hydrogens (primary N) is 1. The van der Waals surface area contributed by atoms with Crippen LogP contribution in [0.15, 0.2) is 18.2 Å². The van der Waals surface area contributed by atoms with E-state index >= 15 is 0 Å². The maximum Gasteiger partial charge on any atom is 0.324 e. The summed E-state index contributed by atoms with van der Waals surface area (Å²) in [6.45, 7) is 0.384. The SMILES string of the molecule is Cc1nc2cc(N)ccc2n1CC(F)(F)C(F)F.